The predicted molar refractivity (Wildman–Crippen MR) is 76.0 cm³/mol. The number of aliphatic hydroxyl groups excluding tert-OH is 1. The van der Waals surface area contributed by atoms with Crippen molar-refractivity contribution in [1.82, 2.24) is 10.6 Å². The number of halogens is 2. The standard InChI is InChI=1S/C12H16BrClN2O2/c1-8(17)7-15-4-5-16-12(18)10-6-9(14)2-3-11(10)13/h2-3,6,8,15,17H,4-5,7H2,1H3,(H,16,18). The SMILES string of the molecule is CC(O)CNCCNC(=O)c1cc(Cl)ccc1Br. The minimum Gasteiger partial charge on any atom is -0.392 e. The van der Waals surface area contributed by atoms with E-state index in [1.807, 2.05) is 0 Å². The molecule has 18 heavy (non-hydrogen) atoms. The second-order valence-electron chi connectivity index (χ2n) is 3.93. The maximum atomic E-state index is 11.8. The molecule has 0 aliphatic rings. The lowest BCUT2D eigenvalue weighted by Crippen LogP contribution is -2.34. The number of amides is 1. The Balaban J connectivity index is 2.39. The van der Waals surface area contributed by atoms with E-state index in [4.69, 9.17) is 16.7 Å². The van der Waals surface area contributed by atoms with Crippen LogP contribution in [0.2, 0.25) is 5.02 Å². The van der Waals surface area contributed by atoms with Crippen molar-refractivity contribution in [3.8, 4) is 0 Å². The molecule has 1 amide bonds. The molecule has 0 saturated carbocycles. The molecule has 1 aromatic carbocycles. The molecule has 1 atom stereocenters. The van der Waals surface area contributed by atoms with Crippen molar-refractivity contribution < 1.29 is 9.90 Å². The molecule has 0 radical (unpaired) electrons. The van der Waals surface area contributed by atoms with Gasteiger partial charge in [0.25, 0.3) is 5.91 Å². The molecule has 6 heteroatoms. The summed E-state index contributed by atoms with van der Waals surface area (Å²) in [5.41, 5.74) is 0.512. The van der Waals surface area contributed by atoms with Crippen LogP contribution in [0.15, 0.2) is 22.7 Å². The predicted octanol–water partition coefficient (Wildman–Crippen LogP) is 1.80. The lowest BCUT2D eigenvalue weighted by Gasteiger charge is -2.09. The fourth-order valence-electron chi connectivity index (χ4n) is 1.34. The van der Waals surface area contributed by atoms with Gasteiger partial charge < -0.3 is 15.7 Å². The summed E-state index contributed by atoms with van der Waals surface area (Å²) < 4.78 is 0.710. The highest BCUT2D eigenvalue weighted by Gasteiger charge is 2.09. The van der Waals surface area contributed by atoms with Crippen LogP contribution in [0.4, 0.5) is 0 Å². The number of hydrogen-bond acceptors (Lipinski definition) is 3. The summed E-state index contributed by atoms with van der Waals surface area (Å²) in [6.45, 7) is 3.31. The summed E-state index contributed by atoms with van der Waals surface area (Å²) >= 11 is 9.14. The first-order valence-corrected chi connectivity index (χ1v) is 6.80. The molecular formula is C12H16BrClN2O2. The first kappa shape index (κ1) is 15.4. The van der Waals surface area contributed by atoms with E-state index in [9.17, 15) is 4.79 Å². The van der Waals surface area contributed by atoms with Gasteiger partial charge in [0.15, 0.2) is 0 Å². The number of rotatable bonds is 6. The Morgan fingerprint density at radius 3 is 2.89 bits per heavy atom. The van der Waals surface area contributed by atoms with Crippen LogP contribution in [-0.2, 0) is 0 Å². The van der Waals surface area contributed by atoms with Gasteiger partial charge in [-0.2, -0.15) is 0 Å². The van der Waals surface area contributed by atoms with E-state index in [2.05, 4.69) is 26.6 Å². The van der Waals surface area contributed by atoms with Crippen molar-refractivity contribution in [2.45, 2.75) is 13.0 Å². The van der Waals surface area contributed by atoms with Gasteiger partial charge in [-0.25, -0.2) is 0 Å². The van der Waals surface area contributed by atoms with Crippen LogP contribution in [-0.4, -0.2) is 36.8 Å². The molecule has 1 aromatic rings. The van der Waals surface area contributed by atoms with Gasteiger partial charge in [-0.05, 0) is 41.1 Å². The lowest BCUT2D eigenvalue weighted by molar-refractivity contribution is 0.0953. The Morgan fingerprint density at radius 1 is 1.50 bits per heavy atom. The first-order chi connectivity index (χ1) is 8.50. The van der Waals surface area contributed by atoms with E-state index in [1.165, 1.54) is 0 Å². The molecule has 0 aromatic heterocycles. The highest BCUT2D eigenvalue weighted by molar-refractivity contribution is 9.10. The molecule has 4 nitrogen and oxygen atoms in total. The van der Waals surface area contributed by atoms with Crippen LogP contribution >= 0.6 is 27.5 Å². The Morgan fingerprint density at radius 2 is 2.22 bits per heavy atom. The van der Waals surface area contributed by atoms with Crippen molar-refractivity contribution in [2.75, 3.05) is 19.6 Å². The Labute approximate surface area is 120 Å². The largest absolute Gasteiger partial charge is 0.392 e. The van der Waals surface area contributed by atoms with Crippen molar-refractivity contribution in [2.24, 2.45) is 0 Å². The first-order valence-electron chi connectivity index (χ1n) is 5.62. The van der Waals surface area contributed by atoms with Gasteiger partial charge in [-0.3, -0.25) is 4.79 Å². The third kappa shape index (κ3) is 5.35. The minimum atomic E-state index is -0.386. The van der Waals surface area contributed by atoms with Gasteiger partial charge in [0.05, 0.1) is 11.7 Å². The molecule has 0 spiro atoms. The highest BCUT2D eigenvalue weighted by Crippen LogP contribution is 2.20. The zero-order chi connectivity index (χ0) is 13.5. The minimum absolute atomic E-state index is 0.178. The lowest BCUT2D eigenvalue weighted by atomic mass is 10.2. The van der Waals surface area contributed by atoms with Gasteiger partial charge in [-0.1, -0.05) is 11.6 Å². The van der Waals surface area contributed by atoms with E-state index >= 15 is 0 Å². The molecule has 0 saturated heterocycles. The number of hydrogen-bond donors (Lipinski definition) is 3. The second kappa shape index (κ2) is 7.74. The molecule has 100 valence electrons. The van der Waals surface area contributed by atoms with Crippen LogP contribution in [0.25, 0.3) is 0 Å². The van der Waals surface area contributed by atoms with Gasteiger partial charge in [-0.15, -0.1) is 0 Å². The van der Waals surface area contributed by atoms with E-state index in [1.54, 1.807) is 25.1 Å². The van der Waals surface area contributed by atoms with Gasteiger partial charge in [0.1, 0.15) is 0 Å². The monoisotopic (exact) mass is 334 g/mol. The molecular weight excluding hydrogens is 320 g/mol. The highest BCUT2D eigenvalue weighted by atomic mass is 79.9. The van der Waals surface area contributed by atoms with Gasteiger partial charge in [0.2, 0.25) is 0 Å². The second-order valence-corrected chi connectivity index (χ2v) is 5.22. The molecule has 0 fully saturated rings. The molecule has 0 bridgehead atoms. The topological polar surface area (TPSA) is 61.4 Å². The number of carbonyl (C=O) groups excluding carboxylic acids is 1. The molecule has 0 aliphatic heterocycles. The number of aliphatic hydroxyl groups is 1. The molecule has 0 heterocycles. The Hall–Kier alpha value is -0.620. The zero-order valence-electron chi connectivity index (χ0n) is 10.0. The average molecular weight is 336 g/mol. The van der Waals surface area contributed by atoms with Crippen molar-refractivity contribution in [1.29, 1.82) is 0 Å². The molecule has 1 unspecified atom stereocenters. The maximum absolute atomic E-state index is 11.8. The van der Waals surface area contributed by atoms with Crippen molar-refractivity contribution in [3.63, 3.8) is 0 Å². The van der Waals surface area contributed by atoms with E-state index in [-0.39, 0.29) is 12.0 Å². The van der Waals surface area contributed by atoms with Crippen LogP contribution in [0.5, 0.6) is 0 Å². The summed E-state index contributed by atoms with van der Waals surface area (Å²) in [4.78, 5) is 11.8. The number of nitrogens with one attached hydrogen (secondary N) is 2. The van der Waals surface area contributed by atoms with Crippen molar-refractivity contribution >= 4 is 33.4 Å². The van der Waals surface area contributed by atoms with Crippen LogP contribution in [0, 0.1) is 0 Å². The quantitative estimate of drug-likeness (QED) is 0.695. The van der Waals surface area contributed by atoms with E-state index in [0.29, 0.717) is 34.7 Å². The smallest absolute Gasteiger partial charge is 0.252 e. The normalized spacial score (nSPS) is 12.2. The fraction of sp³-hybridized carbons (Fsp3) is 0.417. The van der Waals surface area contributed by atoms with E-state index in [0.717, 1.165) is 0 Å². The van der Waals surface area contributed by atoms with Gasteiger partial charge >= 0.3 is 0 Å². The van der Waals surface area contributed by atoms with Crippen LogP contribution < -0.4 is 10.6 Å². The average Bonchev–Trinajstić information content (AvgIpc) is 2.31. The summed E-state index contributed by atoms with van der Waals surface area (Å²) in [6, 6.07) is 5.07. The molecule has 3 N–H and O–H groups in total. The van der Waals surface area contributed by atoms with Crippen LogP contribution in [0.3, 0.4) is 0 Å². The summed E-state index contributed by atoms with van der Waals surface area (Å²) in [5.74, 6) is -0.178. The maximum Gasteiger partial charge on any atom is 0.252 e. The zero-order valence-corrected chi connectivity index (χ0v) is 12.4. The number of benzene rings is 1. The summed E-state index contributed by atoms with van der Waals surface area (Å²) in [5, 5.41) is 15.3. The molecule has 1 rings (SSSR count). The third-order valence-corrected chi connectivity index (χ3v) is 3.13. The van der Waals surface area contributed by atoms with Crippen molar-refractivity contribution in [3.05, 3.63) is 33.3 Å². The fourth-order valence-corrected chi connectivity index (χ4v) is 1.94. The summed E-state index contributed by atoms with van der Waals surface area (Å²) in [7, 11) is 0. The summed E-state index contributed by atoms with van der Waals surface area (Å²) in [6.07, 6.45) is -0.386. The number of carbonyl (C=O) groups is 1. The van der Waals surface area contributed by atoms with Gasteiger partial charge in [0, 0.05) is 29.1 Å². The molecule has 0 aliphatic carbocycles. The Bertz CT molecular complexity index is 413. The van der Waals surface area contributed by atoms with Crippen LogP contribution in [0.1, 0.15) is 17.3 Å². The Kier molecular flexibility index (Phi) is 6.63. The third-order valence-electron chi connectivity index (χ3n) is 2.20. The van der Waals surface area contributed by atoms with E-state index < -0.39 is 0 Å².